The molecule has 10 heteroatoms. The van der Waals surface area contributed by atoms with Gasteiger partial charge in [-0.2, -0.15) is 0 Å². The number of hydrogen-bond acceptors (Lipinski definition) is 5. The van der Waals surface area contributed by atoms with Crippen molar-refractivity contribution in [3.8, 4) is 0 Å². The molecule has 2 fully saturated rings. The van der Waals surface area contributed by atoms with Gasteiger partial charge in [-0.15, -0.1) is 0 Å². The van der Waals surface area contributed by atoms with Crippen LogP contribution < -0.4 is 5.32 Å². The fourth-order valence-corrected chi connectivity index (χ4v) is 4.81. The Morgan fingerprint density at radius 2 is 1.68 bits per heavy atom. The normalized spacial score (nSPS) is 26.8. The molecule has 1 aliphatic carbocycles. The smallest absolute Gasteiger partial charge is 0.326 e. The van der Waals surface area contributed by atoms with Crippen molar-refractivity contribution >= 4 is 72.8 Å². The first kappa shape index (κ1) is 21.3. The number of nitrogens with one attached hydrogen (secondary N) is 1. The van der Waals surface area contributed by atoms with E-state index in [-0.39, 0.29) is 21.5 Å². The number of hydrogen-bond donors (Lipinski definition) is 1. The van der Waals surface area contributed by atoms with Crippen LogP contribution in [0.25, 0.3) is 0 Å². The Labute approximate surface area is 183 Å². The van der Waals surface area contributed by atoms with Crippen LogP contribution in [0.2, 0.25) is 5.02 Å². The standard InChI is InChI=1S/C18H17Br2ClN2O5/c19-11-5-9-10(6-12(11)20)18(27)23(17(9)26)7-16(25)28-8-15(24)22-14-4-2-1-3-13(14)21/h1-4,9-12H,5-8H2,(H,22,24)/t9-,10-,11+,12+/m1/s1. The summed E-state index contributed by atoms with van der Waals surface area (Å²) in [5.41, 5.74) is 0.396. The number of fused-ring (bicyclic) bond motifs is 1. The number of rotatable bonds is 5. The summed E-state index contributed by atoms with van der Waals surface area (Å²) >= 11 is 13.0. The molecule has 1 saturated heterocycles. The van der Waals surface area contributed by atoms with Crippen LogP contribution in [0.3, 0.4) is 0 Å². The van der Waals surface area contributed by atoms with Crippen LogP contribution in [-0.2, 0) is 23.9 Å². The maximum Gasteiger partial charge on any atom is 0.326 e. The molecule has 0 unspecified atom stereocenters. The molecular formula is C18H17Br2ClN2O5. The molecule has 1 N–H and O–H groups in total. The molecule has 0 spiro atoms. The largest absolute Gasteiger partial charge is 0.454 e. The third-order valence-electron chi connectivity index (χ3n) is 4.80. The summed E-state index contributed by atoms with van der Waals surface area (Å²) < 4.78 is 4.91. The van der Waals surface area contributed by atoms with E-state index in [4.69, 9.17) is 16.3 Å². The summed E-state index contributed by atoms with van der Waals surface area (Å²) in [6.45, 7) is -1.04. The summed E-state index contributed by atoms with van der Waals surface area (Å²) in [6, 6.07) is 6.64. The van der Waals surface area contributed by atoms with Crippen LogP contribution in [0.1, 0.15) is 12.8 Å². The first-order valence-corrected chi connectivity index (χ1v) is 10.8. The average Bonchev–Trinajstić information content (AvgIpc) is 2.87. The Hall–Kier alpha value is -1.45. The third kappa shape index (κ3) is 4.58. The Morgan fingerprint density at radius 1 is 1.11 bits per heavy atom. The van der Waals surface area contributed by atoms with Crippen molar-refractivity contribution in [1.82, 2.24) is 4.90 Å². The van der Waals surface area contributed by atoms with Crippen molar-refractivity contribution in [2.24, 2.45) is 11.8 Å². The zero-order valence-corrected chi connectivity index (χ0v) is 18.5. The molecule has 7 nitrogen and oxygen atoms in total. The lowest BCUT2D eigenvalue weighted by Gasteiger charge is -2.29. The maximum atomic E-state index is 12.5. The molecule has 1 aliphatic heterocycles. The highest BCUT2D eigenvalue weighted by atomic mass is 79.9. The minimum atomic E-state index is -0.819. The van der Waals surface area contributed by atoms with E-state index >= 15 is 0 Å². The van der Waals surface area contributed by atoms with Crippen molar-refractivity contribution in [2.45, 2.75) is 22.5 Å². The molecule has 0 bridgehead atoms. The molecule has 0 radical (unpaired) electrons. The second-order valence-electron chi connectivity index (χ2n) is 6.67. The zero-order valence-electron chi connectivity index (χ0n) is 14.6. The Kier molecular flexibility index (Phi) is 6.77. The van der Waals surface area contributed by atoms with E-state index in [1.807, 2.05) is 0 Å². The monoisotopic (exact) mass is 534 g/mol. The van der Waals surface area contributed by atoms with Gasteiger partial charge in [-0.25, -0.2) is 0 Å². The van der Waals surface area contributed by atoms with Crippen molar-refractivity contribution in [1.29, 1.82) is 0 Å². The number of carbonyl (C=O) groups is 4. The van der Waals surface area contributed by atoms with Crippen LogP contribution in [0.4, 0.5) is 5.69 Å². The van der Waals surface area contributed by atoms with Gasteiger partial charge in [0.25, 0.3) is 5.91 Å². The van der Waals surface area contributed by atoms with Crippen LogP contribution in [0.5, 0.6) is 0 Å². The highest BCUT2D eigenvalue weighted by Gasteiger charge is 2.52. The number of para-hydroxylation sites is 1. The maximum absolute atomic E-state index is 12.5. The predicted molar refractivity (Wildman–Crippen MR) is 109 cm³/mol. The molecule has 1 aromatic carbocycles. The van der Waals surface area contributed by atoms with Crippen LogP contribution in [0.15, 0.2) is 24.3 Å². The van der Waals surface area contributed by atoms with Gasteiger partial charge in [-0.05, 0) is 25.0 Å². The van der Waals surface area contributed by atoms with E-state index in [9.17, 15) is 19.2 Å². The first-order valence-electron chi connectivity index (χ1n) is 8.61. The Bertz CT molecular complexity index is 793. The van der Waals surface area contributed by atoms with Gasteiger partial charge in [0.2, 0.25) is 11.8 Å². The van der Waals surface area contributed by atoms with E-state index < -0.39 is 36.9 Å². The van der Waals surface area contributed by atoms with Crippen molar-refractivity contribution in [2.75, 3.05) is 18.5 Å². The topological polar surface area (TPSA) is 92.8 Å². The van der Waals surface area contributed by atoms with E-state index in [1.165, 1.54) is 0 Å². The molecule has 1 aromatic rings. The lowest BCUT2D eigenvalue weighted by atomic mass is 9.81. The quantitative estimate of drug-likeness (QED) is 0.355. The number of ether oxygens (including phenoxy) is 1. The summed E-state index contributed by atoms with van der Waals surface area (Å²) in [7, 11) is 0. The number of amides is 3. The fraction of sp³-hybridized carbons (Fsp3) is 0.444. The van der Waals surface area contributed by atoms with Gasteiger partial charge >= 0.3 is 5.97 Å². The van der Waals surface area contributed by atoms with Crippen LogP contribution >= 0.6 is 43.5 Å². The molecule has 1 heterocycles. The van der Waals surface area contributed by atoms with Gasteiger partial charge in [0.1, 0.15) is 6.54 Å². The van der Waals surface area contributed by atoms with Gasteiger partial charge in [0, 0.05) is 9.65 Å². The van der Waals surface area contributed by atoms with E-state index in [2.05, 4.69) is 37.2 Å². The molecule has 28 heavy (non-hydrogen) atoms. The van der Waals surface area contributed by atoms with Gasteiger partial charge in [0.15, 0.2) is 6.61 Å². The van der Waals surface area contributed by atoms with Gasteiger partial charge in [0.05, 0.1) is 22.5 Å². The average molecular weight is 537 g/mol. The van der Waals surface area contributed by atoms with E-state index in [0.717, 1.165) is 4.90 Å². The number of alkyl halides is 2. The number of esters is 1. The van der Waals surface area contributed by atoms with Crippen LogP contribution in [0, 0.1) is 11.8 Å². The number of imide groups is 1. The van der Waals surface area contributed by atoms with Crippen molar-refractivity contribution < 1.29 is 23.9 Å². The van der Waals surface area contributed by atoms with Gasteiger partial charge in [-0.3, -0.25) is 24.1 Å². The lowest BCUT2D eigenvalue weighted by molar-refractivity contribution is -0.154. The molecule has 0 aromatic heterocycles. The fourth-order valence-electron chi connectivity index (χ4n) is 3.39. The Morgan fingerprint density at radius 3 is 2.25 bits per heavy atom. The highest BCUT2D eigenvalue weighted by Crippen LogP contribution is 2.43. The first-order chi connectivity index (χ1) is 13.3. The summed E-state index contributed by atoms with van der Waals surface area (Å²) in [6.07, 6.45) is 1.05. The summed E-state index contributed by atoms with van der Waals surface area (Å²) in [5.74, 6) is -2.98. The number of benzene rings is 1. The second-order valence-corrected chi connectivity index (χ2v) is 9.43. The molecule has 1 saturated carbocycles. The SMILES string of the molecule is O=C(COC(=O)CN1C(=O)[C@@H]2C[C@H](Br)[C@@H](Br)C[C@H]2C1=O)Nc1ccccc1Cl. The van der Waals surface area contributed by atoms with Crippen LogP contribution in [-0.4, -0.2) is 51.4 Å². The molecule has 150 valence electrons. The molecule has 2 aliphatic rings. The summed E-state index contributed by atoms with van der Waals surface area (Å²) in [5, 5.41) is 2.88. The molecule has 3 amide bonds. The second kappa shape index (κ2) is 8.92. The molecular weight excluding hydrogens is 519 g/mol. The summed E-state index contributed by atoms with van der Waals surface area (Å²) in [4.78, 5) is 50.1. The van der Waals surface area contributed by atoms with Crippen molar-refractivity contribution in [3.05, 3.63) is 29.3 Å². The zero-order chi connectivity index (χ0) is 20.4. The van der Waals surface area contributed by atoms with E-state index in [0.29, 0.717) is 23.6 Å². The molecule has 4 atom stereocenters. The number of nitrogens with zero attached hydrogens (tertiary/aromatic N) is 1. The number of carbonyl (C=O) groups excluding carboxylic acids is 4. The van der Waals surface area contributed by atoms with Gasteiger partial charge in [-0.1, -0.05) is 55.6 Å². The predicted octanol–water partition coefficient (Wildman–Crippen LogP) is 2.74. The minimum absolute atomic E-state index is 0.0888. The van der Waals surface area contributed by atoms with Gasteiger partial charge < -0.3 is 10.1 Å². The number of anilines is 1. The number of likely N-dealkylation sites (tertiary alicyclic amines) is 1. The number of halogens is 3. The Balaban J connectivity index is 1.52. The highest BCUT2D eigenvalue weighted by molar-refractivity contribution is 9.12. The van der Waals surface area contributed by atoms with Crippen molar-refractivity contribution in [3.63, 3.8) is 0 Å². The minimum Gasteiger partial charge on any atom is -0.454 e. The van der Waals surface area contributed by atoms with E-state index in [1.54, 1.807) is 24.3 Å². The third-order valence-corrected chi connectivity index (χ3v) is 7.87. The molecule has 3 rings (SSSR count). The lowest BCUT2D eigenvalue weighted by Crippen LogP contribution is -2.37.